The Hall–Kier alpha value is -1.64. The van der Waals surface area contributed by atoms with Gasteiger partial charge in [0.2, 0.25) is 5.91 Å². The molecule has 0 aliphatic heterocycles. The molecular formula is C19H18BrN3O2S2. The average molecular weight is 464 g/mol. The number of H-pyrrole nitrogens is 1. The van der Waals surface area contributed by atoms with Gasteiger partial charge in [-0.15, -0.1) is 11.3 Å². The van der Waals surface area contributed by atoms with Crippen molar-refractivity contribution in [1.82, 2.24) is 9.97 Å². The van der Waals surface area contributed by atoms with E-state index in [2.05, 4.69) is 31.2 Å². The maximum absolute atomic E-state index is 12.4. The van der Waals surface area contributed by atoms with Gasteiger partial charge in [0.15, 0.2) is 0 Å². The van der Waals surface area contributed by atoms with Crippen LogP contribution < -0.4 is 10.9 Å². The molecule has 4 rings (SSSR count). The zero-order valence-electron chi connectivity index (χ0n) is 14.5. The first-order chi connectivity index (χ1) is 13.1. The summed E-state index contributed by atoms with van der Waals surface area (Å²) in [6.45, 7) is 0. The number of fused-ring (bicyclic) bond motifs is 3. The highest BCUT2D eigenvalue weighted by atomic mass is 79.9. The molecule has 8 heteroatoms. The van der Waals surface area contributed by atoms with E-state index in [1.807, 2.05) is 24.3 Å². The van der Waals surface area contributed by atoms with E-state index in [0.29, 0.717) is 23.8 Å². The Bertz CT molecular complexity index is 1040. The summed E-state index contributed by atoms with van der Waals surface area (Å²) in [5.74, 6) is 1.94. The second-order valence-corrected chi connectivity index (χ2v) is 9.51. The molecule has 2 N–H and O–H groups in total. The number of carbonyl (C=O) groups excluding carboxylic acids is 1. The van der Waals surface area contributed by atoms with Crippen LogP contribution in [0.2, 0.25) is 0 Å². The summed E-state index contributed by atoms with van der Waals surface area (Å²) in [5, 5.41) is 3.67. The van der Waals surface area contributed by atoms with Crippen molar-refractivity contribution in [3.63, 3.8) is 0 Å². The fraction of sp³-hybridized carbons (Fsp3) is 0.316. The number of aromatic nitrogens is 2. The number of hydrogen-bond acceptors (Lipinski definition) is 5. The average Bonchev–Trinajstić information content (AvgIpc) is 3.21. The third-order valence-electron chi connectivity index (χ3n) is 4.46. The third-order valence-corrected chi connectivity index (χ3v) is 7.15. The molecule has 1 aliphatic rings. The van der Waals surface area contributed by atoms with Crippen molar-refractivity contribution in [1.29, 1.82) is 0 Å². The maximum atomic E-state index is 12.4. The lowest BCUT2D eigenvalue weighted by atomic mass is 10.2. The van der Waals surface area contributed by atoms with Gasteiger partial charge in [0, 0.05) is 27.2 Å². The first kappa shape index (κ1) is 18.7. The van der Waals surface area contributed by atoms with E-state index >= 15 is 0 Å². The minimum atomic E-state index is -0.0250. The zero-order valence-corrected chi connectivity index (χ0v) is 17.7. The second kappa shape index (κ2) is 8.16. The molecule has 1 amide bonds. The largest absolute Gasteiger partial charge is 0.326 e. The number of carbonyl (C=O) groups is 1. The molecule has 3 aromatic rings. The van der Waals surface area contributed by atoms with E-state index in [0.717, 1.165) is 39.6 Å². The van der Waals surface area contributed by atoms with Gasteiger partial charge in [-0.2, -0.15) is 11.8 Å². The Morgan fingerprint density at radius 2 is 2.11 bits per heavy atom. The van der Waals surface area contributed by atoms with Crippen molar-refractivity contribution in [3.8, 4) is 0 Å². The van der Waals surface area contributed by atoms with E-state index < -0.39 is 0 Å². The van der Waals surface area contributed by atoms with Crippen molar-refractivity contribution in [2.75, 3.05) is 11.1 Å². The van der Waals surface area contributed by atoms with Gasteiger partial charge in [-0.3, -0.25) is 9.59 Å². The Morgan fingerprint density at radius 3 is 2.93 bits per heavy atom. The van der Waals surface area contributed by atoms with E-state index in [-0.39, 0.29) is 11.5 Å². The highest BCUT2D eigenvalue weighted by Gasteiger charge is 2.21. The van der Waals surface area contributed by atoms with Crippen molar-refractivity contribution < 1.29 is 4.79 Å². The Balaban J connectivity index is 1.31. The quantitative estimate of drug-likeness (QED) is 0.527. The number of thioether (sulfide) groups is 1. The van der Waals surface area contributed by atoms with Crippen molar-refractivity contribution in [3.05, 3.63) is 55.4 Å². The molecule has 1 aromatic carbocycles. The van der Waals surface area contributed by atoms with Gasteiger partial charge in [-0.05, 0) is 49.1 Å². The van der Waals surface area contributed by atoms with Crippen LogP contribution in [0.15, 0.2) is 33.5 Å². The molecule has 0 fully saturated rings. The number of aryl methyl sites for hydroxylation is 2. The number of benzene rings is 1. The molecule has 2 heterocycles. The van der Waals surface area contributed by atoms with Gasteiger partial charge >= 0.3 is 0 Å². The summed E-state index contributed by atoms with van der Waals surface area (Å²) in [7, 11) is 0. The number of thiophene rings is 1. The summed E-state index contributed by atoms with van der Waals surface area (Å²) in [6.07, 6.45) is 3.60. The molecule has 0 saturated carbocycles. The number of aromatic amines is 1. The standard InChI is InChI=1S/C19H18BrN3O2S2/c20-11-4-6-12(7-5-11)21-16(24)8-9-26-10-15-22-18(25)17-13-2-1-3-14(13)27-19(17)23-15/h4-7H,1-3,8-10H2,(H,21,24)(H,22,23,25). The fourth-order valence-corrected chi connectivity index (χ4v) is 5.56. The topological polar surface area (TPSA) is 74.8 Å². The SMILES string of the molecule is O=C(CCSCc1nc2sc3c(c2c(=O)[nH]1)CCC3)Nc1ccc(Br)cc1. The summed E-state index contributed by atoms with van der Waals surface area (Å²) >= 11 is 6.62. The van der Waals surface area contributed by atoms with Gasteiger partial charge in [0.25, 0.3) is 5.56 Å². The van der Waals surface area contributed by atoms with E-state index in [9.17, 15) is 9.59 Å². The van der Waals surface area contributed by atoms with Crippen LogP contribution in [0.1, 0.15) is 29.1 Å². The lowest BCUT2D eigenvalue weighted by Crippen LogP contribution is -2.13. The van der Waals surface area contributed by atoms with Crippen LogP contribution in [0.3, 0.4) is 0 Å². The number of amides is 1. The Labute approximate surface area is 173 Å². The molecule has 27 heavy (non-hydrogen) atoms. The molecule has 0 atom stereocenters. The van der Waals surface area contributed by atoms with E-state index in [1.54, 1.807) is 23.1 Å². The molecule has 140 valence electrons. The van der Waals surface area contributed by atoms with Gasteiger partial charge in [-0.1, -0.05) is 15.9 Å². The van der Waals surface area contributed by atoms with Gasteiger partial charge < -0.3 is 10.3 Å². The molecule has 0 radical (unpaired) electrons. The molecule has 0 saturated heterocycles. The van der Waals surface area contributed by atoms with Crippen molar-refractivity contribution >= 4 is 60.8 Å². The molecular weight excluding hydrogens is 446 g/mol. The fourth-order valence-electron chi connectivity index (χ4n) is 3.21. The minimum Gasteiger partial charge on any atom is -0.326 e. The molecule has 0 unspecified atom stereocenters. The predicted molar refractivity (Wildman–Crippen MR) is 116 cm³/mol. The number of halogens is 1. The molecule has 2 aromatic heterocycles. The monoisotopic (exact) mass is 463 g/mol. The third kappa shape index (κ3) is 4.28. The van der Waals surface area contributed by atoms with Gasteiger partial charge in [0.05, 0.1) is 11.1 Å². The highest BCUT2D eigenvalue weighted by molar-refractivity contribution is 9.10. The van der Waals surface area contributed by atoms with Crippen LogP contribution in [-0.2, 0) is 23.4 Å². The van der Waals surface area contributed by atoms with Crippen LogP contribution in [0, 0.1) is 0 Å². The molecule has 5 nitrogen and oxygen atoms in total. The number of nitrogens with zero attached hydrogens (tertiary/aromatic N) is 1. The normalized spacial score (nSPS) is 13.1. The summed E-state index contributed by atoms with van der Waals surface area (Å²) < 4.78 is 0.977. The van der Waals surface area contributed by atoms with E-state index in [1.165, 1.54) is 10.4 Å². The number of hydrogen-bond donors (Lipinski definition) is 2. The Morgan fingerprint density at radius 1 is 1.30 bits per heavy atom. The van der Waals surface area contributed by atoms with Crippen LogP contribution in [0.5, 0.6) is 0 Å². The van der Waals surface area contributed by atoms with Crippen molar-refractivity contribution in [2.24, 2.45) is 0 Å². The summed E-state index contributed by atoms with van der Waals surface area (Å²) in [4.78, 5) is 34.1. The minimum absolute atomic E-state index is 0.0172. The van der Waals surface area contributed by atoms with Crippen LogP contribution in [0.25, 0.3) is 10.2 Å². The van der Waals surface area contributed by atoms with Crippen LogP contribution >= 0.6 is 39.0 Å². The lowest BCUT2D eigenvalue weighted by molar-refractivity contribution is -0.115. The van der Waals surface area contributed by atoms with Crippen LogP contribution in [0.4, 0.5) is 5.69 Å². The summed E-state index contributed by atoms with van der Waals surface area (Å²) in [5.41, 5.74) is 1.96. The smallest absolute Gasteiger partial charge is 0.259 e. The highest BCUT2D eigenvalue weighted by Crippen LogP contribution is 2.34. The first-order valence-corrected chi connectivity index (χ1v) is 11.5. The Kier molecular flexibility index (Phi) is 5.66. The number of anilines is 1. The number of nitrogens with one attached hydrogen (secondary N) is 2. The summed E-state index contributed by atoms with van der Waals surface area (Å²) in [6, 6.07) is 7.50. The van der Waals surface area contributed by atoms with Gasteiger partial charge in [-0.25, -0.2) is 4.98 Å². The predicted octanol–water partition coefficient (Wildman–Crippen LogP) is 4.50. The van der Waals surface area contributed by atoms with E-state index in [4.69, 9.17) is 0 Å². The first-order valence-electron chi connectivity index (χ1n) is 8.77. The second-order valence-electron chi connectivity index (χ2n) is 6.41. The van der Waals surface area contributed by atoms with Crippen LogP contribution in [-0.4, -0.2) is 21.6 Å². The lowest BCUT2D eigenvalue weighted by Gasteiger charge is -2.05. The molecule has 1 aliphatic carbocycles. The molecule has 0 spiro atoms. The maximum Gasteiger partial charge on any atom is 0.259 e. The number of rotatable bonds is 6. The zero-order chi connectivity index (χ0) is 18.8. The van der Waals surface area contributed by atoms with Gasteiger partial charge in [0.1, 0.15) is 10.7 Å². The van der Waals surface area contributed by atoms with Crippen molar-refractivity contribution in [2.45, 2.75) is 31.4 Å². The molecule has 0 bridgehead atoms.